The van der Waals surface area contributed by atoms with E-state index >= 15 is 0 Å². The normalized spacial score (nSPS) is 16.2. The number of rotatable bonds is 4. The smallest absolute Gasteiger partial charge is 0.277 e. The van der Waals surface area contributed by atoms with E-state index in [9.17, 15) is 24.5 Å². The minimum atomic E-state index is -1.38. The van der Waals surface area contributed by atoms with E-state index in [1.165, 1.54) is 0 Å². The number of amides is 4. The maximum Gasteiger partial charge on any atom is 0.328 e. The highest BCUT2D eigenvalue weighted by Gasteiger charge is 2.43. The third-order valence-corrected chi connectivity index (χ3v) is 5.75. The van der Waals surface area contributed by atoms with E-state index in [0.717, 1.165) is 32.3 Å². The molecule has 4 aromatic rings. The summed E-state index contributed by atoms with van der Waals surface area (Å²) in [5.41, 5.74) is 0.530. The molecule has 1 unspecified atom stereocenters. The third-order valence-electron chi connectivity index (χ3n) is 5.75. The predicted octanol–water partition coefficient (Wildman–Crippen LogP) is 2.93. The lowest BCUT2D eigenvalue weighted by Gasteiger charge is -2.27. The molecule has 1 aliphatic heterocycles. The zero-order chi connectivity index (χ0) is 21.0. The van der Waals surface area contributed by atoms with E-state index in [0.29, 0.717) is 5.56 Å². The van der Waals surface area contributed by atoms with Gasteiger partial charge in [-0.3, -0.25) is 30.3 Å². The first-order valence-corrected chi connectivity index (χ1v) is 9.38. The Morgan fingerprint density at radius 2 is 1.40 bits per heavy atom. The molecule has 8 heteroatoms. The predicted molar refractivity (Wildman–Crippen MR) is 110 cm³/mol. The quantitative estimate of drug-likeness (QED) is 0.236. The maximum absolute atomic E-state index is 12.5. The summed E-state index contributed by atoms with van der Waals surface area (Å²) in [6.45, 7) is -0.621. The monoisotopic (exact) mass is 401 g/mol. The molecule has 0 saturated carbocycles. The van der Waals surface area contributed by atoms with Crippen molar-refractivity contribution >= 4 is 50.2 Å². The van der Waals surface area contributed by atoms with Crippen molar-refractivity contribution in [3.05, 3.63) is 70.3 Å². The fourth-order valence-electron chi connectivity index (χ4n) is 4.52. The largest absolute Gasteiger partial charge is 0.328 e. The van der Waals surface area contributed by atoms with E-state index in [1.54, 1.807) is 6.07 Å². The number of barbiturate groups is 1. The Bertz CT molecular complexity index is 1340. The summed E-state index contributed by atoms with van der Waals surface area (Å²) < 4.78 is 0. The number of hydrogen-bond donors (Lipinski definition) is 2. The molecule has 1 aliphatic rings. The van der Waals surface area contributed by atoms with Crippen molar-refractivity contribution in [1.29, 1.82) is 0 Å². The van der Waals surface area contributed by atoms with Gasteiger partial charge in [0.1, 0.15) is 5.92 Å². The first-order valence-electron chi connectivity index (χ1n) is 9.38. The molecule has 4 amide bonds. The van der Waals surface area contributed by atoms with Crippen molar-refractivity contribution in [2.24, 2.45) is 5.92 Å². The SMILES string of the molecule is O=C1NC(=O)C(C(C[N+](=O)[O-])c2ccc3ccc4cccc5ccc2c3c45)C(=O)N1. The molecule has 1 fully saturated rings. The van der Waals surface area contributed by atoms with Crippen LogP contribution in [0.1, 0.15) is 11.5 Å². The summed E-state index contributed by atoms with van der Waals surface area (Å²) in [5, 5.41) is 21.3. The van der Waals surface area contributed by atoms with Crippen molar-refractivity contribution in [1.82, 2.24) is 10.6 Å². The highest BCUT2D eigenvalue weighted by atomic mass is 16.6. The van der Waals surface area contributed by atoms with Gasteiger partial charge in [-0.25, -0.2) is 4.79 Å². The number of hydrogen-bond acceptors (Lipinski definition) is 5. The number of urea groups is 1. The first-order chi connectivity index (χ1) is 14.4. The Morgan fingerprint density at radius 3 is 2.03 bits per heavy atom. The molecular formula is C22H15N3O5. The van der Waals surface area contributed by atoms with Crippen LogP contribution in [-0.2, 0) is 9.59 Å². The zero-order valence-electron chi connectivity index (χ0n) is 15.5. The van der Waals surface area contributed by atoms with E-state index in [2.05, 4.69) is 0 Å². The third kappa shape index (κ3) is 2.65. The Hall–Kier alpha value is -4.07. The van der Waals surface area contributed by atoms with Gasteiger partial charge in [0.25, 0.3) is 0 Å². The summed E-state index contributed by atoms with van der Waals surface area (Å²) >= 11 is 0. The minimum Gasteiger partial charge on any atom is -0.277 e. The van der Waals surface area contributed by atoms with Crippen LogP contribution in [0.3, 0.4) is 0 Å². The van der Waals surface area contributed by atoms with Gasteiger partial charge >= 0.3 is 6.03 Å². The van der Waals surface area contributed by atoms with Gasteiger partial charge in [-0.15, -0.1) is 0 Å². The minimum absolute atomic E-state index is 0.530. The molecule has 8 nitrogen and oxygen atoms in total. The molecule has 0 radical (unpaired) electrons. The van der Waals surface area contributed by atoms with Crippen LogP contribution in [0.2, 0.25) is 0 Å². The lowest BCUT2D eigenvalue weighted by Crippen LogP contribution is -2.57. The number of carbonyl (C=O) groups is 3. The number of benzene rings is 4. The fourth-order valence-corrected chi connectivity index (χ4v) is 4.52. The van der Waals surface area contributed by atoms with Crippen LogP contribution in [-0.4, -0.2) is 29.3 Å². The Morgan fingerprint density at radius 1 is 0.833 bits per heavy atom. The fraction of sp³-hybridized carbons (Fsp3) is 0.136. The molecule has 30 heavy (non-hydrogen) atoms. The molecule has 2 N–H and O–H groups in total. The summed E-state index contributed by atoms with van der Waals surface area (Å²) in [6.07, 6.45) is 0. The van der Waals surface area contributed by atoms with Crippen LogP contribution < -0.4 is 10.6 Å². The van der Waals surface area contributed by atoms with Crippen LogP contribution in [0.4, 0.5) is 4.79 Å². The topological polar surface area (TPSA) is 118 Å². The molecule has 0 aliphatic carbocycles. The van der Waals surface area contributed by atoms with Crippen molar-refractivity contribution in [3.63, 3.8) is 0 Å². The number of nitrogens with zero attached hydrogens (tertiary/aromatic N) is 1. The molecule has 0 aromatic heterocycles. The van der Waals surface area contributed by atoms with Crippen molar-refractivity contribution in [3.8, 4) is 0 Å². The molecule has 4 aromatic carbocycles. The van der Waals surface area contributed by atoms with Crippen molar-refractivity contribution < 1.29 is 19.3 Å². The number of imide groups is 2. The second kappa shape index (κ2) is 6.48. The van der Waals surface area contributed by atoms with Crippen LogP contribution in [0.15, 0.2) is 54.6 Å². The molecule has 1 heterocycles. The summed E-state index contributed by atoms with van der Waals surface area (Å²) in [7, 11) is 0. The molecule has 5 rings (SSSR count). The number of nitrogens with one attached hydrogen (secondary N) is 2. The van der Waals surface area contributed by atoms with Crippen LogP contribution in [0.5, 0.6) is 0 Å². The molecule has 0 spiro atoms. The van der Waals surface area contributed by atoms with E-state index < -0.39 is 41.1 Å². The Kier molecular flexibility index (Phi) is 3.89. The van der Waals surface area contributed by atoms with Gasteiger partial charge in [0.15, 0.2) is 0 Å². The lowest BCUT2D eigenvalue weighted by molar-refractivity contribution is -0.484. The highest BCUT2D eigenvalue weighted by Crippen LogP contribution is 2.40. The van der Waals surface area contributed by atoms with E-state index in [-0.39, 0.29) is 0 Å². The molecule has 1 atom stereocenters. The lowest BCUT2D eigenvalue weighted by atomic mass is 9.80. The molecular weight excluding hydrogens is 386 g/mol. The Balaban J connectivity index is 1.78. The van der Waals surface area contributed by atoms with Gasteiger partial charge in [0, 0.05) is 4.92 Å². The summed E-state index contributed by atoms with van der Waals surface area (Å²) in [5.74, 6) is -4.08. The second-order valence-corrected chi connectivity index (χ2v) is 7.42. The average molecular weight is 401 g/mol. The van der Waals surface area contributed by atoms with Gasteiger partial charge < -0.3 is 0 Å². The van der Waals surface area contributed by atoms with Crippen molar-refractivity contribution in [2.75, 3.05) is 6.54 Å². The summed E-state index contributed by atoms with van der Waals surface area (Å²) in [6, 6.07) is 16.4. The van der Waals surface area contributed by atoms with Crippen LogP contribution in [0.25, 0.3) is 32.3 Å². The highest BCUT2D eigenvalue weighted by molar-refractivity contribution is 6.24. The number of nitro groups is 1. The van der Waals surface area contributed by atoms with Gasteiger partial charge in [0.2, 0.25) is 18.4 Å². The zero-order valence-corrected chi connectivity index (χ0v) is 15.5. The summed E-state index contributed by atoms with van der Waals surface area (Å²) in [4.78, 5) is 47.3. The maximum atomic E-state index is 12.5. The molecule has 0 bridgehead atoms. The van der Waals surface area contributed by atoms with Crippen LogP contribution in [0, 0.1) is 16.0 Å². The molecule has 1 saturated heterocycles. The van der Waals surface area contributed by atoms with Gasteiger partial charge in [-0.05, 0) is 37.9 Å². The Labute approximate surface area is 169 Å². The first kappa shape index (κ1) is 18.0. The number of carbonyl (C=O) groups excluding carboxylic acids is 3. The van der Waals surface area contributed by atoms with E-state index in [4.69, 9.17) is 0 Å². The van der Waals surface area contributed by atoms with Gasteiger partial charge in [-0.2, -0.15) is 0 Å². The van der Waals surface area contributed by atoms with Gasteiger partial charge in [0.05, 0.1) is 5.92 Å². The standard InChI is InChI=1S/C22H15N3O5/c26-20-19(21(27)24-22(28)23-20)16(10-25(29)30)14-8-6-13-5-4-11-2-1-3-12-7-9-15(14)18(13)17(11)12/h1-9,16,19H,10H2,(H2,23,24,26,27,28). The van der Waals surface area contributed by atoms with Crippen molar-refractivity contribution in [2.45, 2.75) is 5.92 Å². The van der Waals surface area contributed by atoms with E-state index in [1.807, 2.05) is 59.2 Å². The average Bonchev–Trinajstić information content (AvgIpc) is 2.70. The van der Waals surface area contributed by atoms with Crippen LogP contribution >= 0.6 is 0 Å². The van der Waals surface area contributed by atoms with Gasteiger partial charge in [-0.1, -0.05) is 54.6 Å². The molecule has 148 valence electrons. The second-order valence-electron chi connectivity index (χ2n) is 7.42.